The van der Waals surface area contributed by atoms with Crippen LogP contribution in [0.25, 0.3) is 0 Å². The number of ether oxygens (including phenoxy) is 1. The minimum atomic E-state index is -1.19. The molecule has 0 radical (unpaired) electrons. The number of alkyl halides is 1. The van der Waals surface area contributed by atoms with E-state index in [0.717, 1.165) is 6.42 Å². The normalized spacial score (nSPS) is 44.9. The van der Waals surface area contributed by atoms with Gasteiger partial charge in [0.25, 0.3) is 0 Å². The molecule has 3 saturated carbocycles. The van der Waals surface area contributed by atoms with E-state index in [1.54, 1.807) is 20.8 Å². The van der Waals surface area contributed by atoms with Crippen LogP contribution in [0.15, 0.2) is 11.6 Å². The Kier molecular flexibility index (Phi) is 5.95. The largest absolute Gasteiger partial charge is 0.457 e. The van der Waals surface area contributed by atoms with Gasteiger partial charge < -0.3 is 9.84 Å². The molecule has 4 aliphatic rings. The van der Waals surface area contributed by atoms with E-state index in [9.17, 15) is 19.5 Å². The molecule has 0 bridgehead atoms. The van der Waals surface area contributed by atoms with Gasteiger partial charge in [-0.05, 0) is 92.6 Å². The fourth-order valence-corrected chi connectivity index (χ4v) is 8.19. The lowest BCUT2D eigenvalue weighted by Gasteiger charge is -2.60. The lowest BCUT2D eigenvalue weighted by molar-refractivity contribution is -0.162. The molecule has 6 heteroatoms. The average molecular weight is 463 g/mol. The number of allylic oxidation sites excluding steroid dienone is 1. The second-order valence-corrected chi connectivity index (χ2v) is 12.7. The summed E-state index contributed by atoms with van der Waals surface area (Å²) in [6.07, 6.45) is 2.18. The summed E-state index contributed by atoms with van der Waals surface area (Å²) in [7, 11) is 0. The first kappa shape index (κ1) is 24.6. The standard InChI is InChI=1S/C27H39FO5/c1-14-9-17-16-11-19(28)18-10-15(29)7-8-26(18,5)23(16)20(30)12-27(17,6)22(14)21(31)13-33-24(32)25(2,3)4/h10,14,16-17,19-20,22-23,30H,7-9,11-13H2,1-6H3/t14-,16+,17+,19+,20+,22-,23-,26+,27+/m1/s1. The summed E-state index contributed by atoms with van der Waals surface area (Å²) < 4.78 is 20.8. The monoisotopic (exact) mass is 462 g/mol. The third kappa shape index (κ3) is 3.81. The second-order valence-electron chi connectivity index (χ2n) is 12.7. The number of hydrogen-bond donors (Lipinski definition) is 1. The number of aliphatic hydroxyl groups excluding tert-OH is 1. The van der Waals surface area contributed by atoms with Gasteiger partial charge >= 0.3 is 5.97 Å². The molecule has 4 rings (SSSR count). The summed E-state index contributed by atoms with van der Waals surface area (Å²) in [4.78, 5) is 37.6. The number of carbonyl (C=O) groups is 3. The van der Waals surface area contributed by atoms with Crippen molar-refractivity contribution in [3.8, 4) is 0 Å². The van der Waals surface area contributed by atoms with E-state index in [-0.39, 0.29) is 47.8 Å². The first-order valence-corrected chi connectivity index (χ1v) is 12.5. The molecule has 0 aliphatic heterocycles. The first-order chi connectivity index (χ1) is 15.2. The summed E-state index contributed by atoms with van der Waals surface area (Å²) in [5.74, 6) is -0.824. The summed E-state index contributed by atoms with van der Waals surface area (Å²) in [5.41, 5.74) is -1.10. The van der Waals surface area contributed by atoms with Crippen LogP contribution in [0.2, 0.25) is 0 Å². The van der Waals surface area contributed by atoms with Crippen molar-refractivity contribution in [2.75, 3.05) is 6.61 Å². The minimum Gasteiger partial charge on any atom is -0.457 e. The Bertz CT molecular complexity index is 887. The number of Topliss-reactive ketones (excluding diaryl/α,β-unsaturated/α-hetero) is 1. The maximum absolute atomic E-state index is 15.5. The molecule has 0 saturated heterocycles. The van der Waals surface area contributed by atoms with E-state index >= 15 is 4.39 Å². The maximum Gasteiger partial charge on any atom is 0.311 e. The van der Waals surface area contributed by atoms with Gasteiger partial charge in [0, 0.05) is 12.3 Å². The highest BCUT2D eigenvalue weighted by Crippen LogP contribution is 2.68. The molecule has 0 heterocycles. The molecule has 5 nitrogen and oxygen atoms in total. The van der Waals surface area contributed by atoms with Gasteiger partial charge in [0.1, 0.15) is 12.8 Å². The van der Waals surface area contributed by atoms with Crippen molar-refractivity contribution in [1.29, 1.82) is 0 Å². The second kappa shape index (κ2) is 8.00. The quantitative estimate of drug-likeness (QED) is 0.627. The SMILES string of the molecule is C[C@@H]1C[C@H]2[C@@H]3C[C@H](F)C4=CC(=O)CC[C@]4(C)[C@H]3[C@@H](O)C[C@]2(C)[C@H]1C(=O)COC(=O)C(C)(C)C. The molecule has 0 unspecified atom stereocenters. The molecular formula is C27H39FO5. The highest BCUT2D eigenvalue weighted by Gasteiger charge is 2.65. The molecule has 184 valence electrons. The molecule has 33 heavy (non-hydrogen) atoms. The molecular weight excluding hydrogens is 423 g/mol. The topological polar surface area (TPSA) is 80.7 Å². The highest BCUT2D eigenvalue weighted by molar-refractivity contribution is 5.92. The number of esters is 1. The lowest BCUT2D eigenvalue weighted by Crippen LogP contribution is -2.59. The van der Waals surface area contributed by atoms with E-state index in [2.05, 4.69) is 13.8 Å². The molecule has 9 atom stereocenters. The van der Waals surface area contributed by atoms with Crippen molar-refractivity contribution >= 4 is 17.5 Å². The van der Waals surface area contributed by atoms with Crippen molar-refractivity contribution in [1.82, 2.24) is 0 Å². The lowest BCUT2D eigenvalue weighted by atomic mass is 9.45. The zero-order valence-corrected chi connectivity index (χ0v) is 20.8. The number of carbonyl (C=O) groups excluding carboxylic acids is 3. The van der Waals surface area contributed by atoms with Crippen LogP contribution in [0, 0.1) is 45.8 Å². The van der Waals surface area contributed by atoms with E-state index in [1.165, 1.54) is 6.08 Å². The molecule has 0 spiro atoms. The molecule has 1 N–H and O–H groups in total. The van der Waals surface area contributed by atoms with Gasteiger partial charge in [-0.2, -0.15) is 0 Å². The molecule has 0 amide bonds. The van der Waals surface area contributed by atoms with Gasteiger partial charge in [-0.25, -0.2) is 4.39 Å². The van der Waals surface area contributed by atoms with Crippen LogP contribution in [0.3, 0.4) is 0 Å². The fraction of sp³-hybridized carbons (Fsp3) is 0.815. The Morgan fingerprint density at radius 1 is 1.24 bits per heavy atom. The summed E-state index contributed by atoms with van der Waals surface area (Å²) in [5, 5.41) is 11.5. The van der Waals surface area contributed by atoms with E-state index in [4.69, 9.17) is 4.74 Å². The number of ketones is 2. The summed E-state index contributed by atoms with van der Waals surface area (Å²) in [6.45, 7) is 11.2. The van der Waals surface area contributed by atoms with Crippen LogP contribution in [0.4, 0.5) is 4.39 Å². The van der Waals surface area contributed by atoms with Crippen molar-refractivity contribution < 1.29 is 28.6 Å². The van der Waals surface area contributed by atoms with Crippen molar-refractivity contribution in [2.24, 2.45) is 45.8 Å². The van der Waals surface area contributed by atoms with Gasteiger partial charge in [0.15, 0.2) is 11.6 Å². The Hall–Kier alpha value is -1.56. The number of aliphatic hydroxyl groups is 1. The van der Waals surface area contributed by atoms with Crippen molar-refractivity contribution in [3.05, 3.63) is 11.6 Å². The van der Waals surface area contributed by atoms with Crippen LogP contribution >= 0.6 is 0 Å². The Morgan fingerprint density at radius 3 is 2.55 bits per heavy atom. The van der Waals surface area contributed by atoms with Gasteiger partial charge in [0.2, 0.25) is 0 Å². The van der Waals surface area contributed by atoms with E-state index < -0.39 is 34.5 Å². The van der Waals surface area contributed by atoms with Crippen molar-refractivity contribution in [3.63, 3.8) is 0 Å². The van der Waals surface area contributed by atoms with Crippen LogP contribution in [0.5, 0.6) is 0 Å². The minimum absolute atomic E-state index is 0.0244. The first-order valence-electron chi connectivity index (χ1n) is 12.5. The van der Waals surface area contributed by atoms with Crippen LogP contribution < -0.4 is 0 Å². The zero-order valence-electron chi connectivity index (χ0n) is 20.8. The van der Waals surface area contributed by atoms with Crippen LogP contribution in [0.1, 0.15) is 73.6 Å². The summed E-state index contributed by atoms with van der Waals surface area (Å²) >= 11 is 0. The number of halogens is 1. The molecule has 0 aromatic heterocycles. The van der Waals surface area contributed by atoms with Gasteiger partial charge in [0.05, 0.1) is 11.5 Å². The Labute approximate surface area is 196 Å². The molecule has 4 aliphatic carbocycles. The third-order valence-corrected chi connectivity index (χ3v) is 9.52. The summed E-state index contributed by atoms with van der Waals surface area (Å²) in [6, 6.07) is 0. The predicted molar refractivity (Wildman–Crippen MR) is 122 cm³/mol. The molecule has 0 aromatic carbocycles. The number of hydrogen-bond acceptors (Lipinski definition) is 5. The highest BCUT2D eigenvalue weighted by atomic mass is 19.1. The van der Waals surface area contributed by atoms with Gasteiger partial charge in [-0.15, -0.1) is 0 Å². The maximum atomic E-state index is 15.5. The van der Waals surface area contributed by atoms with Crippen LogP contribution in [-0.4, -0.2) is 41.5 Å². The van der Waals surface area contributed by atoms with Crippen LogP contribution in [-0.2, 0) is 19.1 Å². The van der Waals surface area contributed by atoms with Gasteiger partial charge in [-0.3, -0.25) is 14.4 Å². The Morgan fingerprint density at radius 2 is 1.91 bits per heavy atom. The Balaban J connectivity index is 1.61. The van der Waals surface area contributed by atoms with E-state index in [0.29, 0.717) is 31.3 Å². The number of fused-ring (bicyclic) bond motifs is 5. The number of rotatable bonds is 3. The fourth-order valence-electron chi connectivity index (χ4n) is 8.19. The van der Waals surface area contributed by atoms with E-state index in [1.807, 2.05) is 6.92 Å². The predicted octanol–water partition coefficient (Wildman–Crippen LogP) is 4.46. The molecule has 3 fully saturated rings. The van der Waals surface area contributed by atoms with Gasteiger partial charge in [-0.1, -0.05) is 20.8 Å². The molecule has 0 aromatic rings. The third-order valence-electron chi connectivity index (χ3n) is 9.52. The average Bonchev–Trinajstić information content (AvgIpc) is 2.96. The zero-order chi connectivity index (χ0) is 24.5. The van der Waals surface area contributed by atoms with Crippen molar-refractivity contribution in [2.45, 2.75) is 85.9 Å². The smallest absolute Gasteiger partial charge is 0.311 e.